The van der Waals surface area contributed by atoms with E-state index in [0.29, 0.717) is 12.6 Å². The second-order valence-electron chi connectivity index (χ2n) is 6.46. The van der Waals surface area contributed by atoms with Gasteiger partial charge in [0.05, 0.1) is 5.69 Å². The van der Waals surface area contributed by atoms with Crippen molar-refractivity contribution in [1.29, 1.82) is 0 Å². The predicted molar refractivity (Wildman–Crippen MR) is 93.8 cm³/mol. The number of anilines is 1. The highest BCUT2D eigenvalue weighted by Gasteiger charge is 2.23. The van der Waals surface area contributed by atoms with E-state index in [2.05, 4.69) is 47.8 Å². The lowest BCUT2D eigenvalue weighted by Crippen LogP contribution is -2.43. The fourth-order valence-electron chi connectivity index (χ4n) is 2.97. The zero-order valence-electron chi connectivity index (χ0n) is 14.4. The first-order valence-electron chi connectivity index (χ1n) is 8.18. The van der Waals surface area contributed by atoms with Crippen LogP contribution in [0.3, 0.4) is 0 Å². The number of aromatic nitrogens is 1. The fraction of sp³-hybridized carbons (Fsp3) is 0.812. The first-order valence-corrected chi connectivity index (χ1v) is 9.00. The number of aliphatic hydroxyl groups excluding tert-OH is 1. The van der Waals surface area contributed by atoms with Gasteiger partial charge in [0.15, 0.2) is 5.13 Å². The Balaban J connectivity index is 1.82. The molecule has 0 aliphatic carbocycles. The SMILES string of the molecule is Cc1nc(N(C)C)sc1CN1CCC(N(C)CCCO)CC1. The highest BCUT2D eigenvalue weighted by atomic mass is 32.1. The van der Waals surface area contributed by atoms with Crippen LogP contribution < -0.4 is 4.90 Å². The van der Waals surface area contributed by atoms with Crippen LogP contribution >= 0.6 is 11.3 Å². The number of likely N-dealkylation sites (tertiary alicyclic amines) is 1. The molecule has 6 heteroatoms. The second kappa shape index (κ2) is 8.24. The van der Waals surface area contributed by atoms with Crippen LogP contribution in [-0.4, -0.2) is 73.3 Å². The van der Waals surface area contributed by atoms with Gasteiger partial charge in [0.1, 0.15) is 0 Å². The normalized spacial score (nSPS) is 17.4. The molecule has 2 rings (SSSR count). The van der Waals surface area contributed by atoms with Crippen molar-refractivity contribution in [3.63, 3.8) is 0 Å². The van der Waals surface area contributed by atoms with Gasteiger partial charge in [-0.3, -0.25) is 4.90 Å². The molecular weight excluding hydrogens is 296 g/mol. The molecule has 1 aliphatic heterocycles. The first-order chi connectivity index (χ1) is 10.5. The van der Waals surface area contributed by atoms with Crippen LogP contribution in [0.4, 0.5) is 5.13 Å². The van der Waals surface area contributed by atoms with Gasteiger partial charge in [0.25, 0.3) is 0 Å². The lowest BCUT2D eigenvalue weighted by molar-refractivity contribution is 0.118. The number of thiazole rings is 1. The summed E-state index contributed by atoms with van der Waals surface area (Å²) in [5.74, 6) is 0. The van der Waals surface area contributed by atoms with Gasteiger partial charge >= 0.3 is 0 Å². The second-order valence-corrected chi connectivity index (χ2v) is 7.53. The van der Waals surface area contributed by atoms with Crippen LogP contribution in [0.15, 0.2) is 0 Å². The smallest absolute Gasteiger partial charge is 0.185 e. The monoisotopic (exact) mass is 326 g/mol. The topological polar surface area (TPSA) is 42.8 Å². The molecule has 0 aromatic carbocycles. The van der Waals surface area contributed by atoms with E-state index < -0.39 is 0 Å². The summed E-state index contributed by atoms with van der Waals surface area (Å²) in [6.07, 6.45) is 3.32. The summed E-state index contributed by atoms with van der Waals surface area (Å²) in [5.41, 5.74) is 1.18. The van der Waals surface area contributed by atoms with E-state index in [1.165, 1.54) is 23.4 Å². The summed E-state index contributed by atoms with van der Waals surface area (Å²) in [5, 5.41) is 10.0. The zero-order chi connectivity index (χ0) is 16.1. The minimum Gasteiger partial charge on any atom is -0.396 e. The predicted octanol–water partition coefficient (Wildman–Crippen LogP) is 1.80. The molecule has 1 aliphatic rings. The Morgan fingerprint density at radius 2 is 1.95 bits per heavy atom. The van der Waals surface area contributed by atoms with Gasteiger partial charge in [-0.1, -0.05) is 0 Å². The van der Waals surface area contributed by atoms with Crippen molar-refractivity contribution in [3.8, 4) is 0 Å². The highest BCUT2D eigenvalue weighted by molar-refractivity contribution is 7.15. The van der Waals surface area contributed by atoms with E-state index >= 15 is 0 Å². The Bertz CT molecular complexity index is 455. The van der Waals surface area contributed by atoms with Crippen molar-refractivity contribution in [2.75, 3.05) is 52.3 Å². The maximum Gasteiger partial charge on any atom is 0.185 e. The van der Waals surface area contributed by atoms with Crippen LogP contribution in [0.25, 0.3) is 0 Å². The summed E-state index contributed by atoms with van der Waals surface area (Å²) < 4.78 is 0. The first kappa shape index (κ1) is 17.7. The van der Waals surface area contributed by atoms with Crippen LogP contribution in [0, 0.1) is 6.92 Å². The lowest BCUT2D eigenvalue weighted by Gasteiger charge is -2.36. The van der Waals surface area contributed by atoms with Gasteiger partial charge in [0, 0.05) is 57.8 Å². The minimum absolute atomic E-state index is 0.294. The van der Waals surface area contributed by atoms with Crippen molar-refractivity contribution < 1.29 is 5.11 Å². The molecule has 22 heavy (non-hydrogen) atoms. The number of hydrogen-bond donors (Lipinski definition) is 1. The molecule has 2 heterocycles. The number of hydrogen-bond acceptors (Lipinski definition) is 6. The van der Waals surface area contributed by atoms with E-state index in [1.807, 2.05) is 11.3 Å². The summed E-state index contributed by atoms with van der Waals surface area (Å²) in [7, 11) is 6.29. The summed E-state index contributed by atoms with van der Waals surface area (Å²) in [6, 6.07) is 0.669. The average molecular weight is 327 g/mol. The number of piperidine rings is 1. The highest BCUT2D eigenvalue weighted by Crippen LogP contribution is 2.27. The van der Waals surface area contributed by atoms with Crippen molar-refractivity contribution in [2.45, 2.75) is 38.8 Å². The molecular formula is C16H30N4OS. The molecule has 0 bridgehead atoms. The molecule has 1 aromatic heterocycles. The standard InChI is InChI=1S/C16H30N4OS/c1-13-15(22-16(17-13)18(2)3)12-20-9-6-14(7-10-20)19(4)8-5-11-21/h14,21H,5-12H2,1-4H3. The Morgan fingerprint density at radius 1 is 1.27 bits per heavy atom. The number of aliphatic hydroxyl groups is 1. The zero-order valence-corrected chi connectivity index (χ0v) is 15.2. The molecule has 5 nitrogen and oxygen atoms in total. The molecule has 1 saturated heterocycles. The fourth-order valence-corrected chi connectivity index (χ4v) is 4.00. The minimum atomic E-state index is 0.294. The van der Waals surface area contributed by atoms with Gasteiger partial charge in [-0.05, 0) is 33.2 Å². The van der Waals surface area contributed by atoms with Crippen LogP contribution in [-0.2, 0) is 6.54 Å². The van der Waals surface area contributed by atoms with Crippen LogP contribution in [0.1, 0.15) is 29.8 Å². The quantitative estimate of drug-likeness (QED) is 0.827. The molecule has 0 spiro atoms. The maximum absolute atomic E-state index is 8.94. The summed E-state index contributed by atoms with van der Waals surface area (Å²) in [6.45, 7) is 6.76. The Morgan fingerprint density at radius 3 is 2.50 bits per heavy atom. The largest absolute Gasteiger partial charge is 0.396 e. The molecule has 0 atom stereocenters. The average Bonchev–Trinajstić information content (AvgIpc) is 2.87. The molecule has 0 amide bonds. The van der Waals surface area contributed by atoms with Gasteiger partial charge in [-0.15, -0.1) is 11.3 Å². The van der Waals surface area contributed by atoms with Crippen molar-refractivity contribution >= 4 is 16.5 Å². The van der Waals surface area contributed by atoms with Crippen molar-refractivity contribution in [2.24, 2.45) is 0 Å². The van der Waals surface area contributed by atoms with Crippen LogP contribution in [0.2, 0.25) is 0 Å². The van der Waals surface area contributed by atoms with Gasteiger partial charge < -0.3 is 14.9 Å². The third-order valence-corrected chi connectivity index (χ3v) is 5.79. The summed E-state index contributed by atoms with van der Waals surface area (Å²) >= 11 is 1.81. The molecule has 1 N–H and O–H groups in total. The number of rotatable bonds is 7. The Hall–Kier alpha value is -0.690. The lowest BCUT2D eigenvalue weighted by atomic mass is 10.0. The van der Waals surface area contributed by atoms with E-state index in [4.69, 9.17) is 5.11 Å². The Kier molecular flexibility index (Phi) is 6.62. The van der Waals surface area contributed by atoms with E-state index in [9.17, 15) is 0 Å². The molecule has 126 valence electrons. The van der Waals surface area contributed by atoms with Gasteiger partial charge in [-0.2, -0.15) is 0 Å². The van der Waals surface area contributed by atoms with Crippen molar-refractivity contribution in [1.82, 2.24) is 14.8 Å². The maximum atomic E-state index is 8.94. The van der Waals surface area contributed by atoms with Gasteiger partial charge in [0.2, 0.25) is 0 Å². The third kappa shape index (κ3) is 4.65. The summed E-state index contributed by atoms with van der Waals surface area (Å²) in [4.78, 5) is 13.1. The van der Waals surface area contributed by atoms with Gasteiger partial charge in [-0.25, -0.2) is 4.98 Å². The Labute approximate surface area is 138 Å². The molecule has 0 unspecified atom stereocenters. The number of nitrogens with zero attached hydrogens (tertiary/aromatic N) is 4. The molecule has 1 aromatic rings. The molecule has 1 fully saturated rings. The van der Waals surface area contributed by atoms with Crippen LogP contribution in [0.5, 0.6) is 0 Å². The van der Waals surface area contributed by atoms with E-state index in [1.54, 1.807) is 0 Å². The molecule has 0 saturated carbocycles. The van der Waals surface area contributed by atoms with Crippen molar-refractivity contribution in [3.05, 3.63) is 10.6 Å². The number of aryl methyl sites for hydroxylation is 1. The van der Waals surface area contributed by atoms with E-state index in [0.717, 1.165) is 37.7 Å². The molecule has 0 radical (unpaired) electrons. The van der Waals surface area contributed by atoms with E-state index in [-0.39, 0.29) is 0 Å². The third-order valence-electron chi connectivity index (χ3n) is 4.48.